The summed E-state index contributed by atoms with van der Waals surface area (Å²) in [5, 5.41) is 5.55. The third-order valence-corrected chi connectivity index (χ3v) is 7.27. The molecule has 1 heterocycles. The molecule has 2 N–H and O–H groups in total. The normalized spacial score (nSPS) is 13.5. The summed E-state index contributed by atoms with van der Waals surface area (Å²) in [7, 11) is -2.23. The lowest BCUT2D eigenvalue weighted by molar-refractivity contribution is 0.102. The van der Waals surface area contributed by atoms with E-state index in [2.05, 4.69) is 10.6 Å². The van der Waals surface area contributed by atoms with E-state index in [4.69, 9.17) is 0 Å². The summed E-state index contributed by atoms with van der Waals surface area (Å²) in [6.07, 6.45) is 0. The highest BCUT2D eigenvalue weighted by molar-refractivity contribution is 7.92. The Labute approximate surface area is 192 Å². The monoisotopic (exact) mass is 464 g/mol. The third-order valence-electron chi connectivity index (χ3n) is 5.47. The third kappa shape index (κ3) is 4.68. The number of amides is 3. The molecule has 0 aliphatic carbocycles. The number of urea groups is 1. The number of carbonyl (C=O) groups excluding carboxylic acids is 2. The largest absolute Gasteiger partial charge is 0.336 e. The van der Waals surface area contributed by atoms with Gasteiger partial charge in [-0.2, -0.15) is 0 Å². The fraction of sp³-hybridized carbons (Fsp3) is 0.167. The predicted molar refractivity (Wildman–Crippen MR) is 128 cm³/mol. The van der Waals surface area contributed by atoms with Gasteiger partial charge in [-0.3, -0.25) is 14.0 Å². The maximum atomic E-state index is 12.9. The number of hydrogen-bond acceptors (Lipinski definition) is 4. The van der Waals surface area contributed by atoms with Crippen LogP contribution in [0.25, 0.3) is 0 Å². The molecule has 3 amide bonds. The molecule has 1 saturated heterocycles. The van der Waals surface area contributed by atoms with Gasteiger partial charge >= 0.3 is 6.03 Å². The van der Waals surface area contributed by atoms with Crippen molar-refractivity contribution in [1.29, 1.82) is 0 Å². The van der Waals surface area contributed by atoms with Gasteiger partial charge in [0.15, 0.2) is 0 Å². The van der Waals surface area contributed by atoms with Crippen LogP contribution in [0.4, 0.5) is 21.9 Å². The van der Waals surface area contributed by atoms with Crippen LogP contribution in [0, 0.1) is 6.92 Å². The highest BCUT2D eigenvalue weighted by atomic mass is 32.2. The first-order valence-electron chi connectivity index (χ1n) is 10.4. The van der Waals surface area contributed by atoms with Gasteiger partial charge in [-0.05, 0) is 67.6 Å². The minimum absolute atomic E-state index is 0.138. The number of anilines is 3. The van der Waals surface area contributed by atoms with Crippen LogP contribution < -0.4 is 19.8 Å². The van der Waals surface area contributed by atoms with Gasteiger partial charge in [0.25, 0.3) is 15.9 Å². The van der Waals surface area contributed by atoms with Gasteiger partial charge in [0.05, 0.1) is 10.6 Å². The molecular formula is C24H24N4O4S. The Hall–Kier alpha value is -3.85. The van der Waals surface area contributed by atoms with Crippen molar-refractivity contribution < 1.29 is 18.0 Å². The zero-order chi connectivity index (χ0) is 23.6. The van der Waals surface area contributed by atoms with E-state index in [1.54, 1.807) is 77.7 Å². The summed E-state index contributed by atoms with van der Waals surface area (Å²) in [5.74, 6) is -0.322. The summed E-state index contributed by atoms with van der Waals surface area (Å²) in [5.41, 5.74) is 3.16. The van der Waals surface area contributed by atoms with E-state index >= 15 is 0 Å². The van der Waals surface area contributed by atoms with Crippen LogP contribution in [-0.4, -0.2) is 40.5 Å². The Balaban J connectivity index is 1.43. The number of aryl methyl sites for hydroxylation is 1. The Morgan fingerprint density at radius 1 is 0.970 bits per heavy atom. The van der Waals surface area contributed by atoms with Gasteiger partial charge in [-0.15, -0.1) is 0 Å². The topological polar surface area (TPSA) is 98.8 Å². The van der Waals surface area contributed by atoms with E-state index in [1.807, 2.05) is 6.92 Å². The molecule has 9 heteroatoms. The van der Waals surface area contributed by atoms with Crippen LogP contribution in [-0.2, 0) is 10.0 Å². The minimum atomic E-state index is -3.71. The molecule has 0 aromatic heterocycles. The second-order valence-corrected chi connectivity index (χ2v) is 9.69. The van der Waals surface area contributed by atoms with Crippen LogP contribution in [0.1, 0.15) is 15.9 Å². The first-order chi connectivity index (χ1) is 15.8. The van der Waals surface area contributed by atoms with Crippen molar-refractivity contribution in [3.8, 4) is 0 Å². The van der Waals surface area contributed by atoms with Crippen LogP contribution in [0.5, 0.6) is 0 Å². The molecule has 170 valence electrons. The van der Waals surface area contributed by atoms with Gasteiger partial charge < -0.3 is 10.6 Å². The molecule has 1 fully saturated rings. The molecular weight excluding hydrogens is 440 g/mol. The molecule has 3 aromatic rings. The number of rotatable bonds is 6. The Morgan fingerprint density at radius 3 is 2.18 bits per heavy atom. The SMILES string of the molecule is Cc1ccc(S(=O)(=O)N(C)c2ccc(C(=O)Nc3ccc(N4CCNC4=O)cc3)cc2)cc1. The average molecular weight is 465 g/mol. The van der Waals surface area contributed by atoms with E-state index in [0.717, 1.165) is 11.3 Å². The molecule has 1 aliphatic heterocycles. The fourth-order valence-corrected chi connectivity index (χ4v) is 4.67. The lowest BCUT2D eigenvalue weighted by atomic mass is 10.2. The summed E-state index contributed by atoms with van der Waals surface area (Å²) in [4.78, 5) is 26.2. The number of hydrogen-bond donors (Lipinski definition) is 2. The fourth-order valence-electron chi connectivity index (χ4n) is 3.48. The maximum absolute atomic E-state index is 12.9. The van der Waals surface area contributed by atoms with E-state index in [0.29, 0.717) is 30.0 Å². The van der Waals surface area contributed by atoms with Crippen molar-refractivity contribution in [2.45, 2.75) is 11.8 Å². The molecule has 0 radical (unpaired) electrons. The average Bonchev–Trinajstić information content (AvgIpc) is 3.25. The minimum Gasteiger partial charge on any atom is -0.336 e. The zero-order valence-electron chi connectivity index (χ0n) is 18.3. The quantitative estimate of drug-likeness (QED) is 0.582. The lowest BCUT2D eigenvalue weighted by Gasteiger charge is -2.20. The van der Waals surface area contributed by atoms with Crippen molar-refractivity contribution in [3.63, 3.8) is 0 Å². The Kier molecular flexibility index (Phi) is 6.06. The number of carbonyl (C=O) groups is 2. The van der Waals surface area contributed by atoms with E-state index in [1.165, 1.54) is 11.4 Å². The summed E-state index contributed by atoms with van der Waals surface area (Å²) < 4.78 is 26.9. The summed E-state index contributed by atoms with van der Waals surface area (Å²) in [6, 6.07) is 19.9. The highest BCUT2D eigenvalue weighted by Crippen LogP contribution is 2.24. The first kappa shape index (κ1) is 22.3. The van der Waals surface area contributed by atoms with Gasteiger partial charge in [0.2, 0.25) is 0 Å². The standard InChI is InChI=1S/C24H24N4O4S/c1-17-3-13-22(14-4-17)33(31,32)27(2)20-9-5-18(6-10-20)23(29)26-19-7-11-21(12-8-19)28-16-15-25-24(28)30/h3-14H,15-16H2,1-2H3,(H,25,30)(H,26,29). The second kappa shape index (κ2) is 8.95. The van der Waals surface area contributed by atoms with Crippen LogP contribution >= 0.6 is 0 Å². The number of nitrogens with zero attached hydrogens (tertiary/aromatic N) is 2. The van der Waals surface area contributed by atoms with Gasteiger partial charge in [-0.25, -0.2) is 13.2 Å². The molecule has 4 rings (SSSR count). The van der Waals surface area contributed by atoms with E-state index in [9.17, 15) is 18.0 Å². The van der Waals surface area contributed by atoms with Crippen LogP contribution in [0.2, 0.25) is 0 Å². The Morgan fingerprint density at radius 2 is 1.61 bits per heavy atom. The predicted octanol–water partition coefficient (Wildman–Crippen LogP) is 3.60. The molecule has 0 atom stereocenters. The van der Waals surface area contributed by atoms with Crippen LogP contribution in [0.15, 0.2) is 77.7 Å². The van der Waals surface area contributed by atoms with Crippen molar-refractivity contribution in [1.82, 2.24) is 5.32 Å². The Bertz CT molecular complexity index is 1270. The van der Waals surface area contributed by atoms with Crippen molar-refractivity contribution in [2.24, 2.45) is 0 Å². The number of sulfonamides is 1. The zero-order valence-corrected chi connectivity index (χ0v) is 19.1. The first-order valence-corrected chi connectivity index (χ1v) is 11.8. The summed E-state index contributed by atoms with van der Waals surface area (Å²) >= 11 is 0. The maximum Gasteiger partial charge on any atom is 0.321 e. The number of nitrogens with one attached hydrogen (secondary N) is 2. The second-order valence-electron chi connectivity index (χ2n) is 7.72. The smallest absolute Gasteiger partial charge is 0.321 e. The number of benzene rings is 3. The van der Waals surface area contributed by atoms with Gasteiger partial charge in [0, 0.05) is 37.1 Å². The lowest BCUT2D eigenvalue weighted by Crippen LogP contribution is -2.27. The molecule has 3 aromatic carbocycles. The molecule has 1 aliphatic rings. The molecule has 0 saturated carbocycles. The molecule has 0 bridgehead atoms. The van der Waals surface area contributed by atoms with Gasteiger partial charge in [0.1, 0.15) is 0 Å². The van der Waals surface area contributed by atoms with Crippen molar-refractivity contribution >= 4 is 39.0 Å². The highest BCUT2D eigenvalue weighted by Gasteiger charge is 2.22. The van der Waals surface area contributed by atoms with Crippen molar-refractivity contribution in [2.75, 3.05) is 34.7 Å². The molecule has 0 unspecified atom stereocenters. The van der Waals surface area contributed by atoms with Gasteiger partial charge in [-0.1, -0.05) is 17.7 Å². The van der Waals surface area contributed by atoms with E-state index in [-0.39, 0.29) is 16.8 Å². The summed E-state index contributed by atoms with van der Waals surface area (Å²) in [6.45, 7) is 3.10. The molecule has 8 nitrogen and oxygen atoms in total. The molecule has 0 spiro atoms. The molecule has 33 heavy (non-hydrogen) atoms. The van der Waals surface area contributed by atoms with Crippen molar-refractivity contribution in [3.05, 3.63) is 83.9 Å². The van der Waals surface area contributed by atoms with E-state index < -0.39 is 10.0 Å². The van der Waals surface area contributed by atoms with Crippen LogP contribution in [0.3, 0.4) is 0 Å².